The summed E-state index contributed by atoms with van der Waals surface area (Å²) >= 11 is 0. The Morgan fingerprint density at radius 1 is 1.41 bits per heavy atom. The molecule has 0 bridgehead atoms. The second-order valence-electron chi connectivity index (χ2n) is 5.97. The van der Waals surface area contributed by atoms with Crippen molar-refractivity contribution in [1.29, 1.82) is 0 Å². The van der Waals surface area contributed by atoms with Gasteiger partial charge in [0.05, 0.1) is 12.8 Å². The molecule has 0 spiro atoms. The lowest BCUT2D eigenvalue weighted by atomic mass is 10.0. The maximum absolute atomic E-state index is 12.4. The number of likely N-dealkylation sites (tertiary alicyclic amines) is 1. The Kier molecular flexibility index (Phi) is 5.52. The molecule has 122 valence electrons. The smallest absolute Gasteiger partial charge is 0.237 e. The van der Waals surface area contributed by atoms with Gasteiger partial charge in [0.15, 0.2) is 0 Å². The number of amides is 1. The SMILES string of the molecule is CC1CCCN(C(=O)CN(Cc2ccncc2)S(C)(=O)=O)C1. The van der Waals surface area contributed by atoms with E-state index in [2.05, 4.69) is 11.9 Å². The molecular formula is C15H23N3O3S. The van der Waals surface area contributed by atoms with Gasteiger partial charge in [0, 0.05) is 32.0 Å². The van der Waals surface area contributed by atoms with Crippen molar-refractivity contribution < 1.29 is 13.2 Å². The van der Waals surface area contributed by atoms with Crippen LogP contribution in [-0.4, -0.2) is 54.4 Å². The zero-order valence-corrected chi connectivity index (χ0v) is 13.9. The average molecular weight is 325 g/mol. The molecular weight excluding hydrogens is 302 g/mol. The van der Waals surface area contributed by atoms with Gasteiger partial charge >= 0.3 is 0 Å². The number of aromatic nitrogens is 1. The third-order valence-corrected chi connectivity index (χ3v) is 5.09. The lowest BCUT2D eigenvalue weighted by molar-refractivity contribution is -0.133. The number of carbonyl (C=O) groups excluding carboxylic acids is 1. The number of piperidine rings is 1. The lowest BCUT2D eigenvalue weighted by Gasteiger charge is -2.32. The lowest BCUT2D eigenvalue weighted by Crippen LogP contribution is -2.45. The molecule has 0 aliphatic carbocycles. The van der Waals surface area contributed by atoms with Crippen LogP contribution in [0.1, 0.15) is 25.3 Å². The molecule has 2 heterocycles. The van der Waals surface area contributed by atoms with Crippen molar-refractivity contribution in [2.75, 3.05) is 25.9 Å². The van der Waals surface area contributed by atoms with E-state index in [0.717, 1.165) is 31.2 Å². The molecule has 0 N–H and O–H groups in total. The van der Waals surface area contributed by atoms with Gasteiger partial charge in [-0.3, -0.25) is 9.78 Å². The van der Waals surface area contributed by atoms with Crippen LogP contribution in [0.4, 0.5) is 0 Å². The Morgan fingerprint density at radius 2 is 2.09 bits per heavy atom. The first-order valence-electron chi connectivity index (χ1n) is 7.48. The van der Waals surface area contributed by atoms with E-state index < -0.39 is 10.0 Å². The highest BCUT2D eigenvalue weighted by atomic mass is 32.2. The van der Waals surface area contributed by atoms with Crippen molar-refractivity contribution in [3.8, 4) is 0 Å². The Bertz CT molecular complexity index is 604. The third-order valence-electron chi connectivity index (χ3n) is 3.90. The van der Waals surface area contributed by atoms with E-state index in [4.69, 9.17) is 0 Å². The van der Waals surface area contributed by atoms with Gasteiger partial charge in [-0.05, 0) is 36.5 Å². The number of pyridine rings is 1. The van der Waals surface area contributed by atoms with Gasteiger partial charge in [0.25, 0.3) is 0 Å². The molecule has 1 aliphatic heterocycles. The van der Waals surface area contributed by atoms with Crippen molar-refractivity contribution in [2.24, 2.45) is 5.92 Å². The summed E-state index contributed by atoms with van der Waals surface area (Å²) in [6.07, 6.45) is 6.47. The van der Waals surface area contributed by atoms with Gasteiger partial charge in [-0.15, -0.1) is 0 Å². The molecule has 1 atom stereocenters. The van der Waals surface area contributed by atoms with Crippen LogP contribution in [0.5, 0.6) is 0 Å². The summed E-state index contributed by atoms with van der Waals surface area (Å²) < 4.78 is 25.1. The highest BCUT2D eigenvalue weighted by molar-refractivity contribution is 7.88. The van der Waals surface area contributed by atoms with Crippen LogP contribution >= 0.6 is 0 Å². The van der Waals surface area contributed by atoms with E-state index in [1.165, 1.54) is 4.31 Å². The molecule has 1 amide bonds. The van der Waals surface area contributed by atoms with Gasteiger partial charge in [-0.25, -0.2) is 8.42 Å². The molecule has 1 aromatic rings. The average Bonchev–Trinajstić information content (AvgIpc) is 2.46. The van der Waals surface area contributed by atoms with Gasteiger partial charge in [-0.1, -0.05) is 6.92 Å². The van der Waals surface area contributed by atoms with E-state index in [9.17, 15) is 13.2 Å². The van der Waals surface area contributed by atoms with Crippen molar-refractivity contribution in [3.63, 3.8) is 0 Å². The summed E-state index contributed by atoms with van der Waals surface area (Å²) in [7, 11) is -3.44. The molecule has 1 unspecified atom stereocenters. The predicted octanol–water partition coefficient (Wildman–Crippen LogP) is 1.10. The Hall–Kier alpha value is -1.47. The van der Waals surface area contributed by atoms with Gasteiger partial charge < -0.3 is 4.90 Å². The number of sulfonamides is 1. The number of rotatable bonds is 5. The number of nitrogens with zero attached hydrogens (tertiary/aromatic N) is 3. The van der Waals surface area contributed by atoms with Gasteiger partial charge in [-0.2, -0.15) is 4.31 Å². The number of carbonyl (C=O) groups is 1. The molecule has 1 aliphatic rings. The normalized spacial score (nSPS) is 19.4. The van der Waals surface area contributed by atoms with Crippen LogP contribution in [0.15, 0.2) is 24.5 Å². The fourth-order valence-corrected chi connectivity index (χ4v) is 3.38. The molecule has 7 heteroatoms. The van der Waals surface area contributed by atoms with E-state index in [1.54, 1.807) is 29.4 Å². The van der Waals surface area contributed by atoms with Crippen molar-refractivity contribution >= 4 is 15.9 Å². The number of hydrogen-bond donors (Lipinski definition) is 0. The first-order valence-corrected chi connectivity index (χ1v) is 9.33. The molecule has 2 rings (SSSR count). The van der Waals surface area contributed by atoms with Gasteiger partial charge in [0.1, 0.15) is 0 Å². The van der Waals surface area contributed by atoms with Crippen LogP contribution in [0.2, 0.25) is 0 Å². The highest BCUT2D eigenvalue weighted by Crippen LogP contribution is 2.16. The monoisotopic (exact) mass is 325 g/mol. The van der Waals surface area contributed by atoms with Crippen LogP contribution in [-0.2, 0) is 21.4 Å². The zero-order chi connectivity index (χ0) is 16.2. The molecule has 0 aromatic carbocycles. The largest absolute Gasteiger partial charge is 0.341 e. The summed E-state index contributed by atoms with van der Waals surface area (Å²) in [6.45, 7) is 3.64. The maximum Gasteiger partial charge on any atom is 0.237 e. The quantitative estimate of drug-likeness (QED) is 0.813. The highest BCUT2D eigenvalue weighted by Gasteiger charge is 2.26. The Morgan fingerprint density at radius 3 is 2.68 bits per heavy atom. The second kappa shape index (κ2) is 7.19. The molecule has 0 saturated carbocycles. The topological polar surface area (TPSA) is 70.6 Å². The summed E-state index contributed by atoms with van der Waals surface area (Å²) in [4.78, 5) is 18.1. The molecule has 1 aromatic heterocycles. The van der Waals surface area contributed by atoms with E-state index in [1.807, 2.05) is 0 Å². The van der Waals surface area contributed by atoms with Crippen molar-refractivity contribution in [3.05, 3.63) is 30.1 Å². The minimum atomic E-state index is -3.44. The second-order valence-corrected chi connectivity index (χ2v) is 7.96. The Balaban J connectivity index is 2.05. The summed E-state index contributed by atoms with van der Waals surface area (Å²) in [5, 5.41) is 0. The zero-order valence-electron chi connectivity index (χ0n) is 13.1. The molecule has 0 radical (unpaired) electrons. The predicted molar refractivity (Wildman–Crippen MR) is 84.5 cm³/mol. The van der Waals surface area contributed by atoms with Crippen LogP contribution in [0.25, 0.3) is 0 Å². The van der Waals surface area contributed by atoms with Gasteiger partial charge in [0.2, 0.25) is 15.9 Å². The first-order chi connectivity index (χ1) is 10.4. The van der Waals surface area contributed by atoms with Crippen molar-refractivity contribution in [1.82, 2.24) is 14.2 Å². The third kappa shape index (κ3) is 4.78. The standard InChI is InChI=1S/C15H23N3O3S/c1-13-4-3-9-17(10-13)15(19)12-18(22(2,20)21)11-14-5-7-16-8-6-14/h5-8,13H,3-4,9-12H2,1-2H3. The van der Waals surface area contributed by atoms with Crippen LogP contribution in [0, 0.1) is 5.92 Å². The fraction of sp³-hybridized carbons (Fsp3) is 0.600. The summed E-state index contributed by atoms with van der Waals surface area (Å²) in [5.74, 6) is 0.357. The van der Waals surface area contributed by atoms with Crippen LogP contribution < -0.4 is 0 Å². The first kappa shape index (κ1) is 16.9. The molecule has 22 heavy (non-hydrogen) atoms. The number of hydrogen-bond acceptors (Lipinski definition) is 4. The van der Waals surface area contributed by atoms with E-state index in [0.29, 0.717) is 12.5 Å². The molecule has 1 saturated heterocycles. The van der Waals surface area contributed by atoms with E-state index in [-0.39, 0.29) is 19.0 Å². The summed E-state index contributed by atoms with van der Waals surface area (Å²) in [5.41, 5.74) is 0.820. The summed E-state index contributed by atoms with van der Waals surface area (Å²) in [6, 6.07) is 3.51. The minimum absolute atomic E-state index is 0.103. The fourth-order valence-electron chi connectivity index (χ4n) is 2.65. The molecule has 1 fully saturated rings. The maximum atomic E-state index is 12.4. The Labute approximate surface area is 132 Å². The van der Waals surface area contributed by atoms with Crippen LogP contribution in [0.3, 0.4) is 0 Å². The van der Waals surface area contributed by atoms with Crippen molar-refractivity contribution in [2.45, 2.75) is 26.3 Å². The minimum Gasteiger partial charge on any atom is -0.341 e. The molecule has 6 nitrogen and oxygen atoms in total. The van der Waals surface area contributed by atoms with E-state index >= 15 is 0 Å².